The van der Waals surface area contributed by atoms with Crippen LogP contribution in [0.4, 0.5) is 0 Å². The Bertz CT molecular complexity index is 317. The van der Waals surface area contributed by atoms with Gasteiger partial charge in [0.25, 0.3) is 0 Å². The van der Waals surface area contributed by atoms with Crippen molar-refractivity contribution >= 4 is 17.3 Å². The van der Waals surface area contributed by atoms with Gasteiger partial charge in [-0.25, -0.2) is 9.78 Å². The van der Waals surface area contributed by atoms with Crippen LogP contribution in [-0.2, 0) is 6.42 Å². The standard InChI is InChI=1S/C8H9NO2S/c1-5(2)3-7-9-6(4-12-7)8(10)11/h4H,1,3H2,2H3,(H,10,11). The van der Waals surface area contributed by atoms with E-state index in [0.717, 1.165) is 10.6 Å². The van der Waals surface area contributed by atoms with Gasteiger partial charge in [0.1, 0.15) is 0 Å². The van der Waals surface area contributed by atoms with Crippen LogP contribution in [0.25, 0.3) is 0 Å². The van der Waals surface area contributed by atoms with Gasteiger partial charge in [-0.15, -0.1) is 11.3 Å². The van der Waals surface area contributed by atoms with Gasteiger partial charge in [0.2, 0.25) is 0 Å². The van der Waals surface area contributed by atoms with Crippen LogP contribution in [-0.4, -0.2) is 16.1 Å². The van der Waals surface area contributed by atoms with Crippen LogP contribution in [0.15, 0.2) is 17.5 Å². The monoisotopic (exact) mass is 183 g/mol. The first-order chi connectivity index (χ1) is 5.59. The van der Waals surface area contributed by atoms with Crippen molar-refractivity contribution < 1.29 is 9.90 Å². The average Bonchev–Trinajstić information content (AvgIpc) is 2.34. The van der Waals surface area contributed by atoms with E-state index in [9.17, 15) is 4.79 Å². The number of nitrogens with zero attached hydrogens (tertiary/aromatic N) is 1. The van der Waals surface area contributed by atoms with E-state index in [1.54, 1.807) is 5.38 Å². The fraction of sp³-hybridized carbons (Fsp3) is 0.250. The minimum absolute atomic E-state index is 0.122. The highest BCUT2D eigenvalue weighted by molar-refractivity contribution is 7.09. The lowest BCUT2D eigenvalue weighted by atomic mass is 10.2. The molecule has 0 radical (unpaired) electrons. The molecule has 0 saturated heterocycles. The van der Waals surface area contributed by atoms with E-state index in [4.69, 9.17) is 5.11 Å². The molecule has 0 saturated carbocycles. The van der Waals surface area contributed by atoms with Gasteiger partial charge in [0.05, 0.1) is 5.01 Å². The van der Waals surface area contributed by atoms with Gasteiger partial charge in [-0.05, 0) is 6.92 Å². The zero-order valence-electron chi connectivity index (χ0n) is 6.70. The van der Waals surface area contributed by atoms with Crippen LogP contribution in [0.3, 0.4) is 0 Å². The van der Waals surface area contributed by atoms with E-state index in [2.05, 4.69) is 11.6 Å². The topological polar surface area (TPSA) is 50.2 Å². The lowest BCUT2D eigenvalue weighted by Gasteiger charge is -1.91. The predicted molar refractivity (Wildman–Crippen MR) is 47.6 cm³/mol. The summed E-state index contributed by atoms with van der Waals surface area (Å²) in [4.78, 5) is 14.3. The molecule has 0 spiro atoms. The first kappa shape index (κ1) is 8.93. The first-order valence-electron chi connectivity index (χ1n) is 3.41. The van der Waals surface area contributed by atoms with Gasteiger partial charge in [0.15, 0.2) is 5.69 Å². The fourth-order valence-corrected chi connectivity index (χ4v) is 1.63. The molecule has 4 heteroatoms. The molecular formula is C8H9NO2S. The second-order valence-electron chi connectivity index (χ2n) is 2.57. The number of hydrogen-bond donors (Lipinski definition) is 1. The van der Waals surface area contributed by atoms with Gasteiger partial charge in [-0.1, -0.05) is 12.2 Å². The summed E-state index contributed by atoms with van der Waals surface area (Å²) in [5.74, 6) is -0.973. The van der Waals surface area contributed by atoms with Crippen molar-refractivity contribution in [3.05, 3.63) is 28.2 Å². The summed E-state index contributed by atoms with van der Waals surface area (Å²) >= 11 is 1.35. The van der Waals surface area contributed by atoms with Crippen molar-refractivity contribution in [3.63, 3.8) is 0 Å². The smallest absolute Gasteiger partial charge is 0.355 e. The van der Waals surface area contributed by atoms with Crippen LogP contribution in [0, 0.1) is 0 Å². The van der Waals surface area contributed by atoms with Crippen LogP contribution in [0.5, 0.6) is 0 Å². The minimum atomic E-state index is -0.973. The molecule has 1 aromatic rings. The summed E-state index contributed by atoms with van der Waals surface area (Å²) in [6, 6.07) is 0. The van der Waals surface area contributed by atoms with E-state index in [-0.39, 0.29) is 5.69 Å². The molecule has 1 rings (SSSR count). The molecule has 0 atom stereocenters. The third-order valence-electron chi connectivity index (χ3n) is 1.22. The molecule has 1 heterocycles. The molecule has 0 amide bonds. The average molecular weight is 183 g/mol. The van der Waals surface area contributed by atoms with Crippen molar-refractivity contribution in [2.45, 2.75) is 13.3 Å². The first-order valence-corrected chi connectivity index (χ1v) is 4.29. The van der Waals surface area contributed by atoms with Gasteiger partial charge in [-0.2, -0.15) is 0 Å². The number of aromatic nitrogens is 1. The lowest BCUT2D eigenvalue weighted by molar-refractivity contribution is 0.0691. The lowest BCUT2D eigenvalue weighted by Crippen LogP contribution is -1.96. The molecule has 1 aromatic heterocycles. The van der Waals surface area contributed by atoms with Gasteiger partial charge in [-0.3, -0.25) is 0 Å². The van der Waals surface area contributed by atoms with Crippen LogP contribution in [0.1, 0.15) is 22.4 Å². The highest BCUT2D eigenvalue weighted by Crippen LogP contribution is 2.12. The molecule has 0 aliphatic heterocycles. The highest BCUT2D eigenvalue weighted by atomic mass is 32.1. The number of carboxylic acids is 1. The maximum Gasteiger partial charge on any atom is 0.355 e. The molecule has 0 fully saturated rings. The number of hydrogen-bond acceptors (Lipinski definition) is 3. The SMILES string of the molecule is C=C(C)Cc1nc(C(=O)O)cs1. The number of thiazole rings is 1. The largest absolute Gasteiger partial charge is 0.476 e. The Hall–Kier alpha value is -1.16. The van der Waals surface area contributed by atoms with Gasteiger partial charge < -0.3 is 5.11 Å². The Morgan fingerprint density at radius 2 is 2.50 bits per heavy atom. The molecule has 1 N–H and O–H groups in total. The van der Waals surface area contributed by atoms with Crippen LogP contribution < -0.4 is 0 Å². The highest BCUT2D eigenvalue weighted by Gasteiger charge is 2.07. The van der Waals surface area contributed by atoms with E-state index >= 15 is 0 Å². The second kappa shape index (κ2) is 3.49. The Morgan fingerprint density at radius 3 is 2.92 bits per heavy atom. The summed E-state index contributed by atoms with van der Waals surface area (Å²) in [5, 5.41) is 10.9. The molecule has 3 nitrogen and oxygen atoms in total. The van der Waals surface area contributed by atoms with E-state index in [1.807, 2.05) is 6.92 Å². The summed E-state index contributed by atoms with van der Waals surface area (Å²) in [7, 11) is 0. The normalized spacial score (nSPS) is 9.75. The van der Waals surface area contributed by atoms with Gasteiger partial charge >= 0.3 is 5.97 Å². The zero-order valence-corrected chi connectivity index (χ0v) is 7.52. The van der Waals surface area contributed by atoms with Crippen molar-refractivity contribution in [3.8, 4) is 0 Å². The van der Waals surface area contributed by atoms with Crippen molar-refractivity contribution in [2.75, 3.05) is 0 Å². The number of allylic oxidation sites excluding steroid dienone is 1. The number of carbonyl (C=O) groups is 1. The Labute approximate surface area is 74.4 Å². The van der Waals surface area contributed by atoms with Crippen molar-refractivity contribution in [1.29, 1.82) is 0 Å². The number of rotatable bonds is 3. The quantitative estimate of drug-likeness (QED) is 0.729. The van der Waals surface area contributed by atoms with Crippen molar-refractivity contribution in [2.24, 2.45) is 0 Å². The fourth-order valence-electron chi connectivity index (χ4n) is 0.748. The Kier molecular flexibility index (Phi) is 2.60. The minimum Gasteiger partial charge on any atom is -0.476 e. The maximum atomic E-state index is 10.4. The molecule has 0 bridgehead atoms. The summed E-state index contributed by atoms with van der Waals surface area (Å²) in [5.41, 5.74) is 1.11. The molecule has 0 unspecified atom stereocenters. The van der Waals surface area contributed by atoms with E-state index in [1.165, 1.54) is 11.3 Å². The number of carboxylic acid groups (broad SMARTS) is 1. The van der Waals surface area contributed by atoms with Crippen LogP contribution >= 0.6 is 11.3 Å². The second-order valence-corrected chi connectivity index (χ2v) is 3.51. The molecule has 0 aliphatic rings. The molecule has 64 valence electrons. The third-order valence-corrected chi connectivity index (χ3v) is 2.07. The predicted octanol–water partition coefficient (Wildman–Crippen LogP) is 1.96. The Balaban J connectivity index is 2.77. The number of aromatic carboxylic acids is 1. The van der Waals surface area contributed by atoms with E-state index in [0.29, 0.717) is 6.42 Å². The molecular weight excluding hydrogens is 174 g/mol. The van der Waals surface area contributed by atoms with Crippen LogP contribution in [0.2, 0.25) is 0 Å². The molecule has 0 aliphatic carbocycles. The van der Waals surface area contributed by atoms with Crippen molar-refractivity contribution in [1.82, 2.24) is 4.98 Å². The Morgan fingerprint density at radius 1 is 1.83 bits per heavy atom. The summed E-state index contributed by atoms with van der Waals surface area (Å²) in [6.07, 6.45) is 0.665. The maximum absolute atomic E-state index is 10.4. The molecule has 0 aromatic carbocycles. The third kappa shape index (κ3) is 2.17. The summed E-state index contributed by atoms with van der Waals surface area (Å²) < 4.78 is 0. The van der Waals surface area contributed by atoms with Gasteiger partial charge in [0, 0.05) is 11.8 Å². The summed E-state index contributed by atoms with van der Waals surface area (Å²) in [6.45, 7) is 5.61. The van der Waals surface area contributed by atoms with E-state index < -0.39 is 5.97 Å². The zero-order chi connectivity index (χ0) is 9.14. The molecule has 12 heavy (non-hydrogen) atoms.